The van der Waals surface area contributed by atoms with Crippen LogP contribution in [0.15, 0.2) is 27.6 Å². The average molecular weight is 499 g/mol. The highest BCUT2D eigenvalue weighted by atomic mass is 32.2. The van der Waals surface area contributed by atoms with Crippen LogP contribution in [-0.2, 0) is 20.9 Å². The Morgan fingerprint density at radius 1 is 1.32 bits per heavy atom. The summed E-state index contributed by atoms with van der Waals surface area (Å²) in [6.45, 7) is 4.72. The fraction of sp³-hybridized carbons (Fsp3) is 0.545. The van der Waals surface area contributed by atoms with Crippen molar-refractivity contribution in [3.05, 3.63) is 40.8 Å². The number of nitriles is 1. The molecule has 0 radical (unpaired) electrons. The number of sulfonamides is 1. The lowest BCUT2D eigenvalue weighted by molar-refractivity contribution is -0.137. The zero-order valence-corrected chi connectivity index (χ0v) is 19.8. The number of halogens is 3. The van der Waals surface area contributed by atoms with E-state index in [9.17, 15) is 21.6 Å². The number of rotatable bonds is 5. The Morgan fingerprint density at radius 3 is 2.65 bits per heavy atom. The number of benzene rings is 1. The van der Waals surface area contributed by atoms with Crippen LogP contribution in [0, 0.1) is 36.5 Å². The lowest BCUT2D eigenvalue weighted by Crippen LogP contribution is -2.50. The van der Waals surface area contributed by atoms with Crippen LogP contribution in [0.4, 0.5) is 18.9 Å². The van der Waals surface area contributed by atoms with Gasteiger partial charge in [-0.3, -0.25) is 0 Å². The molecule has 2 aromatic rings. The van der Waals surface area contributed by atoms with Gasteiger partial charge in [-0.05, 0) is 44.4 Å². The summed E-state index contributed by atoms with van der Waals surface area (Å²) in [5.41, 5.74) is -1.19. The number of nitrogens with zero attached hydrogens (tertiary/aromatic N) is 4. The first-order valence-corrected chi connectivity index (χ1v) is 12.2. The van der Waals surface area contributed by atoms with Crippen molar-refractivity contribution in [3.63, 3.8) is 0 Å². The number of hydrogen-bond donors (Lipinski definition) is 0. The van der Waals surface area contributed by atoms with Gasteiger partial charge < -0.3 is 14.2 Å². The van der Waals surface area contributed by atoms with Crippen LogP contribution < -0.4 is 4.90 Å². The second-order valence-corrected chi connectivity index (χ2v) is 10.9. The van der Waals surface area contributed by atoms with Crippen molar-refractivity contribution in [1.82, 2.24) is 9.46 Å². The molecular formula is C22H25F3N4O4S. The molecule has 12 heteroatoms. The van der Waals surface area contributed by atoms with Crippen molar-refractivity contribution in [2.45, 2.75) is 31.3 Å². The van der Waals surface area contributed by atoms with Gasteiger partial charge in [-0.2, -0.15) is 22.7 Å². The normalized spacial score (nSPS) is 23.7. The van der Waals surface area contributed by atoms with E-state index in [0.717, 1.165) is 6.07 Å². The third kappa shape index (κ3) is 4.06. The Kier molecular flexibility index (Phi) is 6.16. The van der Waals surface area contributed by atoms with E-state index in [4.69, 9.17) is 14.5 Å². The van der Waals surface area contributed by atoms with Gasteiger partial charge in [0.05, 0.1) is 23.8 Å². The van der Waals surface area contributed by atoms with Crippen molar-refractivity contribution >= 4 is 15.7 Å². The topological polar surface area (TPSA) is 99.7 Å². The molecule has 8 nitrogen and oxygen atoms in total. The van der Waals surface area contributed by atoms with Crippen LogP contribution in [0.1, 0.15) is 29.0 Å². The molecule has 0 spiro atoms. The molecule has 2 fully saturated rings. The van der Waals surface area contributed by atoms with E-state index in [-0.39, 0.29) is 35.4 Å². The van der Waals surface area contributed by atoms with Crippen molar-refractivity contribution < 1.29 is 30.8 Å². The smallest absolute Gasteiger partial charge is 0.384 e. The molecule has 0 saturated carbocycles. The second kappa shape index (κ2) is 8.55. The van der Waals surface area contributed by atoms with Crippen LogP contribution in [0.25, 0.3) is 0 Å². The van der Waals surface area contributed by atoms with Crippen LogP contribution >= 0.6 is 0 Å². The lowest BCUT2D eigenvalue weighted by atomic mass is 9.74. The number of aromatic nitrogens is 1. The zero-order valence-electron chi connectivity index (χ0n) is 19.0. The van der Waals surface area contributed by atoms with Gasteiger partial charge in [0.2, 0.25) is 10.0 Å². The number of aryl methyl sites for hydroxylation is 2. The maximum Gasteiger partial charge on any atom is 0.417 e. The summed E-state index contributed by atoms with van der Waals surface area (Å²) < 4.78 is 79.1. The number of methoxy groups -OCH3 is 1. The van der Waals surface area contributed by atoms with Gasteiger partial charge in [0.25, 0.3) is 0 Å². The molecular weight excluding hydrogens is 473 g/mol. The highest BCUT2D eigenvalue weighted by molar-refractivity contribution is 7.89. The van der Waals surface area contributed by atoms with Gasteiger partial charge in [0.15, 0.2) is 5.76 Å². The average Bonchev–Trinajstić information content (AvgIpc) is 3.32. The Bertz CT molecular complexity index is 1220. The molecule has 1 aromatic carbocycles. The Hall–Kier alpha value is -2.62. The van der Waals surface area contributed by atoms with Crippen molar-refractivity contribution in [3.8, 4) is 6.07 Å². The first kappa shape index (κ1) is 24.5. The molecule has 2 aliphatic rings. The minimum absolute atomic E-state index is 0.0588. The second-order valence-electron chi connectivity index (χ2n) is 8.98. The SMILES string of the molecule is COC[C@@]12CCN(S(=O)(=O)c3c(C)noc3C)C[C@@H]1CN(c1ccc(C#N)c(C(F)(F)F)c1)C2. The van der Waals surface area contributed by atoms with Crippen LogP contribution in [0.2, 0.25) is 0 Å². The van der Waals surface area contributed by atoms with Gasteiger partial charge in [0, 0.05) is 44.4 Å². The number of hydrogen-bond acceptors (Lipinski definition) is 7. The maximum atomic E-state index is 13.5. The van der Waals surface area contributed by atoms with E-state index in [0.29, 0.717) is 31.8 Å². The summed E-state index contributed by atoms with van der Waals surface area (Å²) in [6.07, 6.45) is -4.16. The number of piperidine rings is 1. The third-order valence-electron chi connectivity index (χ3n) is 6.89. The largest absolute Gasteiger partial charge is 0.417 e. The van der Waals surface area contributed by atoms with E-state index in [1.165, 1.54) is 16.4 Å². The van der Waals surface area contributed by atoms with Gasteiger partial charge in [-0.25, -0.2) is 8.42 Å². The monoisotopic (exact) mass is 498 g/mol. The molecule has 0 amide bonds. The minimum Gasteiger partial charge on any atom is -0.384 e. The van der Waals surface area contributed by atoms with E-state index in [2.05, 4.69) is 5.16 Å². The fourth-order valence-corrected chi connectivity index (χ4v) is 7.00. The Labute approximate surface area is 195 Å². The molecule has 0 unspecified atom stereocenters. The third-order valence-corrected chi connectivity index (χ3v) is 9.00. The highest BCUT2D eigenvalue weighted by Gasteiger charge is 2.52. The molecule has 4 rings (SSSR count). The number of fused-ring (bicyclic) bond motifs is 1. The molecule has 1 aromatic heterocycles. The minimum atomic E-state index is -4.66. The maximum absolute atomic E-state index is 13.5. The summed E-state index contributed by atoms with van der Waals surface area (Å²) in [6, 6.07) is 5.27. The summed E-state index contributed by atoms with van der Waals surface area (Å²) in [4.78, 5) is 1.88. The Balaban J connectivity index is 1.65. The van der Waals surface area contributed by atoms with Crippen molar-refractivity contribution in [2.75, 3.05) is 44.8 Å². The quantitative estimate of drug-likeness (QED) is 0.623. The molecule has 2 saturated heterocycles. The van der Waals surface area contributed by atoms with E-state index in [1.54, 1.807) is 27.0 Å². The van der Waals surface area contributed by atoms with E-state index >= 15 is 0 Å². The fourth-order valence-electron chi connectivity index (χ4n) is 5.22. The van der Waals surface area contributed by atoms with Crippen LogP contribution in [0.5, 0.6) is 0 Å². The number of anilines is 1. The predicted molar refractivity (Wildman–Crippen MR) is 116 cm³/mol. The summed E-state index contributed by atoms with van der Waals surface area (Å²) >= 11 is 0. The predicted octanol–water partition coefficient (Wildman–Crippen LogP) is 3.35. The van der Waals surface area contributed by atoms with E-state index < -0.39 is 32.7 Å². The molecule has 34 heavy (non-hydrogen) atoms. The standard InChI is InChI=1S/C22H25F3N4O4S/c1-14-20(15(2)33-27-14)34(30,31)29-7-6-21(13-32-3)12-28(10-17(21)11-29)18-5-4-16(9-26)19(8-18)22(23,24)25/h4-5,8,17H,6-7,10-13H2,1-3H3/t17-,21-/m0/s1. The van der Waals surface area contributed by atoms with Gasteiger partial charge in [-0.1, -0.05) is 5.16 Å². The van der Waals surface area contributed by atoms with E-state index in [1.807, 2.05) is 4.90 Å². The summed E-state index contributed by atoms with van der Waals surface area (Å²) in [5, 5.41) is 12.8. The van der Waals surface area contributed by atoms with Gasteiger partial charge >= 0.3 is 6.18 Å². The molecule has 0 aliphatic carbocycles. The van der Waals surface area contributed by atoms with Crippen LogP contribution in [0.3, 0.4) is 0 Å². The first-order valence-electron chi connectivity index (χ1n) is 10.7. The molecule has 184 valence electrons. The molecule has 2 atom stereocenters. The molecule has 0 bridgehead atoms. The van der Waals surface area contributed by atoms with Gasteiger partial charge in [-0.15, -0.1) is 0 Å². The molecule has 2 aliphatic heterocycles. The number of ether oxygens (including phenoxy) is 1. The van der Waals surface area contributed by atoms with Gasteiger partial charge in [0.1, 0.15) is 10.6 Å². The molecule has 0 N–H and O–H groups in total. The summed E-state index contributed by atoms with van der Waals surface area (Å²) in [5.74, 6) is 0.0537. The van der Waals surface area contributed by atoms with Crippen molar-refractivity contribution in [1.29, 1.82) is 5.26 Å². The summed E-state index contributed by atoms with van der Waals surface area (Å²) in [7, 11) is -2.28. The van der Waals surface area contributed by atoms with Crippen LogP contribution in [-0.4, -0.2) is 57.8 Å². The number of alkyl halides is 3. The highest BCUT2D eigenvalue weighted by Crippen LogP contribution is 2.46. The molecule has 3 heterocycles. The van der Waals surface area contributed by atoms with Crippen molar-refractivity contribution in [2.24, 2.45) is 11.3 Å². The Morgan fingerprint density at radius 2 is 2.06 bits per heavy atom. The first-order chi connectivity index (χ1) is 15.9. The lowest BCUT2D eigenvalue weighted by Gasteiger charge is -2.42. The zero-order chi connectivity index (χ0) is 24.9.